The molecule has 0 aliphatic heterocycles. The lowest BCUT2D eigenvalue weighted by Crippen LogP contribution is -2.84. The Kier molecular flexibility index (Phi) is 3.16. The van der Waals surface area contributed by atoms with E-state index in [1.165, 1.54) is 25.7 Å². The Bertz CT molecular complexity index is 126. The maximum atomic E-state index is 3.87. The SMILES string of the molecule is [CH2-][NH2+]C1CCC(C(C)(C)C)CC1. The first-order valence-electron chi connectivity index (χ1n) is 5.16. The molecule has 0 bridgehead atoms. The third kappa shape index (κ3) is 2.48. The number of hydrogen-bond acceptors (Lipinski definition) is 0. The van der Waals surface area contributed by atoms with Gasteiger partial charge in [0.05, 0.1) is 6.04 Å². The van der Waals surface area contributed by atoms with Crippen LogP contribution in [-0.4, -0.2) is 6.04 Å². The first kappa shape index (κ1) is 10.0. The average Bonchev–Trinajstić information content (AvgIpc) is 2.03. The molecular weight excluding hydrogens is 146 g/mol. The molecule has 12 heavy (non-hydrogen) atoms. The highest BCUT2D eigenvalue weighted by Crippen LogP contribution is 2.36. The Morgan fingerprint density at radius 2 is 1.58 bits per heavy atom. The molecule has 0 atom stereocenters. The van der Waals surface area contributed by atoms with Gasteiger partial charge in [0.25, 0.3) is 0 Å². The van der Waals surface area contributed by atoms with Crippen molar-refractivity contribution < 1.29 is 5.32 Å². The van der Waals surface area contributed by atoms with Crippen LogP contribution in [0.4, 0.5) is 0 Å². The second-order valence-electron chi connectivity index (χ2n) is 5.21. The monoisotopic (exact) mass is 169 g/mol. The van der Waals surface area contributed by atoms with Crippen molar-refractivity contribution >= 4 is 0 Å². The molecule has 1 heteroatoms. The fourth-order valence-electron chi connectivity index (χ4n) is 2.22. The van der Waals surface area contributed by atoms with Crippen molar-refractivity contribution in [2.75, 3.05) is 0 Å². The Morgan fingerprint density at radius 3 is 1.92 bits per heavy atom. The van der Waals surface area contributed by atoms with Gasteiger partial charge in [0.2, 0.25) is 0 Å². The van der Waals surface area contributed by atoms with Gasteiger partial charge < -0.3 is 5.32 Å². The van der Waals surface area contributed by atoms with Crippen LogP contribution in [0, 0.1) is 18.4 Å². The molecule has 0 aromatic heterocycles. The molecular formula is C11H23N. The second kappa shape index (κ2) is 3.78. The van der Waals surface area contributed by atoms with Gasteiger partial charge in [-0.3, -0.25) is 0 Å². The second-order valence-corrected chi connectivity index (χ2v) is 5.21. The average molecular weight is 169 g/mol. The van der Waals surface area contributed by atoms with Gasteiger partial charge in [-0.2, -0.15) is 7.05 Å². The van der Waals surface area contributed by atoms with Crippen LogP contribution in [0.5, 0.6) is 0 Å². The first-order valence-corrected chi connectivity index (χ1v) is 5.16. The summed E-state index contributed by atoms with van der Waals surface area (Å²) in [6.45, 7) is 7.10. The van der Waals surface area contributed by atoms with Crippen LogP contribution >= 0.6 is 0 Å². The molecule has 0 saturated heterocycles. The third-order valence-electron chi connectivity index (χ3n) is 3.33. The van der Waals surface area contributed by atoms with Gasteiger partial charge in [-0.05, 0) is 37.0 Å². The van der Waals surface area contributed by atoms with Crippen molar-refractivity contribution in [2.45, 2.75) is 52.5 Å². The molecule has 1 aliphatic rings. The zero-order valence-corrected chi connectivity index (χ0v) is 8.77. The minimum atomic E-state index is 0.520. The van der Waals surface area contributed by atoms with Crippen LogP contribution in [0.25, 0.3) is 0 Å². The van der Waals surface area contributed by atoms with E-state index in [4.69, 9.17) is 0 Å². The van der Waals surface area contributed by atoms with E-state index in [2.05, 4.69) is 33.1 Å². The number of quaternary nitrogens is 1. The Balaban J connectivity index is 2.36. The standard InChI is InChI=1S/C11H23N/c1-11(2,3)9-5-7-10(12-4)8-6-9/h9-10H,4-8,12H2,1-3H3. The molecule has 1 fully saturated rings. The van der Waals surface area contributed by atoms with E-state index in [0.29, 0.717) is 5.41 Å². The molecule has 1 saturated carbocycles. The quantitative estimate of drug-likeness (QED) is 0.578. The fraction of sp³-hybridized carbons (Fsp3) is 0.909. The lowest BCUT2D eigenvalue weighted by molar-refractivity contribution is -0.637. The molecule has 2 N–H and O–H groups in total. The van der Waals surface area contributed by atoms with E-state index >= 15 is 0 Å². The molecule has 1 nitrogen and oxygen atoms in total. The highest BCUT2D eigenvalue weighted by molar-refractivity contribution is 4.79. The van der Waals surface area contributed by atoms with Crippen molar-refractivity contribution in [2.24, 2.45) is 11.3 Å². The zero-order valence-electron chi connectivity index (χ0n) is 8.77. The van der Waals surface area contributed by atoms with E-state index < -0.39 is 0 Å². The van der Waals surface area contributed by atoms with E-state index in [1.54, 1.807) is 0 Å². The van der Waals surface area contributed by atoms with Gasteiger partial charge in [0, 0.05) is 0 Å². The third-order valence-corrected chi connectivity index (χ3v) is 3.33. The van der Waals surface area contributed by atoms with Gasteiger partial charge in [0.15, 0.2) is 0 Å². The molecule has 0 spiro atoms. The lowest BCUT2D eigenvalue weighted by atomic mass is 9.71. The molecule has 0 heterocycles. The molecule has 0 unspecified atom stereocenters. The summed E-state index contributed by atoms with van der Waals surface area (Å²) in [4.78, 5) is 0. The lowest BCUT2D eigenvalue weighted by Gasteiger charge is -2.36. The fourth-order valence-corrected chi connectivity index (χ4v) is 2.22. The van der Waals surface area contributed by atoms with Crippen LogP contribution in [0.15, 0.2) is 0 Å². The molecule has 72 valence electrons. The van der Waals surface area contributed by atoms with Gasteiger partial charge in [-0.1, -0.05) is 20.8 Å². The normalized spacial score (nSPS) is 32.0. The number of nitrogens with two attached hydrogens (primary N) is 1. The smallest absolute Gasteiger partial charge is 0.0620 e. The van der Waals surface area contributed by atoms with Gasteiger partial charge >= 0.3 is 0 Å². The highest BCUT2D eigenvalue weighted by atomic mass is 14.9. The summed E-state index contributed by atoms with van der Waals surface area (Å²) in [5.41, 5.74) is 0.520. The molecule has 1 rings (SSSR count). The van der Waals surface area contributed by atoms with E-state index in [-0.39, 0.29) is 0 Å². The van der Waals surface area contributed by atoms with Crippen molar-refractivity contribution in [3.05, 3.63) is 7.05 Å². The van der Waals surface area contributed by atoms with Crippen LogP contribution in [0.3, 0.4) is 0 Å². The van der Waals surface area contributed by atoms with Crippen LogP contribution in [0.2, 0.25) is 0 Å². The Labute approximate surface area is 76.9 Å². The summed E-state index contributed by atoms with van der Waals surface area (Å²) in [6, 6.07) is 0.809. The Morgan fingerprint density at radius 1 is 1.08 bits per heavy atom. The van der Waals surface area contributed by atoms with Crippen molar-refractivity contribution in [3.8, 4) is 0 Å². The summed E-state index contributed by atoms with van der Waals surface area (Å²) in [6.07, 6.45) is 5.54. The summed E-state index contributed by atoms with van der Waals surface area (Å²) in [7, 11) is 3.87. The number of hydrogen-bond donors (Lipinski definition) is 1. The van der Waals surface area contributed by atoms with E-state index in [1.807, 2.05) is 0 Å². The molecule has 1 aliphatic carbocycles. The maximum Gasteiger partial charge on any atom is 0.0620 e. The highest BCUT2D eigenvalue weighted by Gasteiger charge is 2.29. The molecule has 0 aromatic rings. The zero-order chi connectivity index (χ0) is 9.19. The largest absolute Gasteiger partial charge is 0.476 e. The summed E-state index contributed by atoms with van der Waals surface area (Å²) in [5.74, 6) is 0.939. The summed E-state index contributed by atoms with van der Waals surface area (Å²) in [5, 5.41) is 2.14. The maximum absolute atomic E-state index is 3.87. The topological polar surface area (TPSA) is 16.6 Å². The molecule has 0 radical (unpaired) electrons. The molecule has 0 aromatic carbocycles. The van der Waals surface area contributed by atoms with Crippen LogP contribution in [-0.2, 0) is 0 Å². The van der Waals surface area contributed by atoms with Gasteiger partial charge in [0.1, 0.15) is 0 Å². The minimum Gasteiger partial charge on any atom is -0.476 e. The predicted octanol–water partition coefficient (Wildman–Crippen LogP) is 1.95. The van der Waals surface area contributed by atoms with E-state index in [0.717, 1.165) is 12.0 Å². The Hall–Kier alpha value is -0.0400. The number of rotatable bonds is 1. The summed E-state index contributed by atoms with van der Waals surface area (Å²) >= 11 is 0. The van der Waals surface area contributed by atoms with Gasteiger partial charge in [-0.25, -0.2) is 0 Å². The van der Waals surface area contributed by atoms with Crippen LogP contribution < -0.4 is 5.32 Å². The molecule has 0 amide bonds. The van der Waals surface area contributed by atoms with Crippen molar-refractivity contribution in [1.29, 1.82) is 0 Å². The van der Waals surface area contributed by atoms with Crippen LogP contribution in [0.1, 0.15) is 46.5 Å². The van der Waals surface area contributed by atoms with Crippen molar-refractivity contribution in [1.82, 2.24) is 0 Å². The van der Waals surface area contributed by atoms with Crippen molar-refractivity contribution in [3.63, 3.8) is 0 Å². The summed E-state index contributed by atoms with van der Waals surface area (Å²) < 4.78 is 0. The minimum absolute atomic E-state index is 0.520. The first-order chi connectivity index (χ1) is 5.54. The predicted molar refractivity (Wildman–Crippen MR) is 52.5 cm³/mol. The van der Waals surface area contributed by atoms with E-state index in [9.17, 15) is 0 Å². The van der Waals surface area contributed by atoms with Gasteiger partial charge in [-0.15, -0.1) is 0 Å².